The van der Waals surface area contributed by atoms with Gasteiger partial charge in [-0.3, -0.25) is 19.5 Å². The number of nitrogens with one attached hydrogen (secondary N) is 2. The summed E-state index contributed by atoms with van der Waals surface area (Å²) in [6.07, 6.45) is 7.12. The molecule has 1 atom stereocenters. The summed E-state index contributed by atoms with van der Waals surface area (Å²) >= 11 is 0. The molecule has 0 spiro atoms. The molecule has 9 nitrogen and oxygen atoms in total. The van der Waals surface area contributed by atoms with E-state index in [4.69, 9.17) is 4.74 Å². The van der Waals surface area contributed by atoms with Gasteiger partial charge in [0.25, 0.3) is 0 Å². The van der Waals surface area contributed by atoms with Gasteiger partial charge in [0.15, 0.2) is 0 Å². The minimum absolute atomic E-state index is 0.0574. The largest absolute Gasteiger partial charge is 0.477 e. The van der Waals surface area contributed by atoms with Crippen LogP contribution in [0.3, 0.4) is 0 Å². The van der Waals surface area contributed by atoms with E-state index in [0.29, 0.717) is 49.6 Å². The van der Waals surface area contributed by atoms with Crippen molar-refractivity contribution < 1.29 is 17.9 Å². The van der Waals surface area contributed by atoms with Crippen LogP contribution in [-0.2, 0) is 21.4 Å². The van der Waals surface area contributed by atoms with Gasteiger partial charge >= 0.3 is 0 Å². The van der Waals surface area contributed by atoms with Crippen molar-refractivity contribution in [3.63, 3.8) is 0 Å². The molecule has 2 heterocycles. The normalized spacial score (nSPS) is 14.7. The van der Waals surface area contributed by atoms with E-state index in [0.717, 1.165) is 5.69 Å². The van der Waals surface area contributed by atoms with Crippen LogP contribution in [0.25, 0.3) is 0 Å². The van der Waals surface area contributed by atoms with Crippen LogP contribution >= 0.6 is 0 Å². The lowest BCUT2D eigenvalue weighted by molar-refractivity contribution is -0.121. The molecule has 1 aliphatic rings. The van der Waals surface area contributed by atoms with E-state index in [-0.39, 0.29) is 23.6 Å². The van der Waals surface area contributed by atoms with Gasteiger partial charge in [0, 0.05) is 24.7 Å². The van der Waals surface area contributed by atoms with Gasteiger partial charge in [0.05, 0.1) is 41.7 Å². The van der Waals surface area contributed by atoms with Gasteiger partial charge in [-0.1, -0.05) is 6.92 Å². The number of pyridine rings is 1. The Balaban J connectivity index is 1.46. The molecule has 0 radical (unpaired) electrons. The second-order valence-electron chi connectivity index (χ2n) is 7.31. The van der Waals surface area contributed by atoms with Gasteiger partial charge in [0.2, 0.25) is 21.8 Å². The predicted octanol–water partition coefficient (Wildman–Crippen LogP) is 2.37. The fourth-order valence-electron chi connectivity index (χ4n) is 2.85. The maximum Gasteiger partial charge on any atom is 0.235 e. The SMILES string of the molecule is CCOc1cncc(C(C)CCC(=O)NCc2cc(NS(=O)(=O)C3CC3)ccn2)n1. The van der Waals surface area contributed by atoms with E-state index >= 15 is 0 Å². The Morgan fingerprint density at radius 3 is 2.87 bits per heavy atom. The topological polar surface area (TPSA) is 123 Å². The van der Waals surface area contributed by atoms with E-state index in [1.54, 1.807) is 24.5 Å². The number of rotatable bonds is 11. The average molecular weight is 434 g/mol. The molecule has 3 rings (SSSR count). The van der Waals surface area contributed by atoms with Crippen LogP contribution in [0.15, 0.2) is 30.7 Å². The average Bonchev–Trinajstić information content (AvgIpc) is 3.57. The highest BCUT2D eigenvalue weighted by Gasteiger charge is 2.35. The number of sulfonamides is 1. The first-order valence-corrected chi connectivity index (χ1v) is 11.6. The van der Waals surface area contributed by atoms with Crippen molar-refractivity contribution in [2.45, 2.75) is 57.2 Å². The van der Waals surface area contributed by atoms with E-state index in [9.17, 15) is 13.2 Å². The minimum atomic E-state index is -3.32. The number of carbonyl (C=O) groups is 1. The molecule has 0 saturated heterocycles. The first-order valence-electron chi connectivity index (χ1n) is 10.1. The van der Waals surface area contributed by atoms with Crippen LogP contribution in [0.1, 0.15) is 56.8 Å². The molecular formula is C20H27N5O4S. The lowest BCUT2D eigenvalue weighted by atomic mass is 10.0. The molecule has 0 bridgehead atoms. The number of anilines is 1. The molecule has 1 fully saturated rings. The lowest BCUT2D eigenvalue weighted by Gasteiger charge is -2.12. The Morgan fingerprint density at radius 2 is 2.13 bits per heavy atom. The maximum atomic E-state index is 12.2. The molecule has 10 heteroatoms. The molecule has 1 aliphatic carbocycles. The number of hydrogen-bond acceptors (Lipinski definition) is 7. The summed E-state index contributed by atoms with van der Waals surface area (Å²) < 4.78 is 32.0. The molecule has 1 unspecified atom stereocenters. The molecular weight excluding hydrogens is 406 g/mol. The van der Waals surface area contributed by atoms with Crippen molar-refractivity contribution in [3.8, 4) is 5.88 Å². The maximum absolute atomic E-state index is 12.2. The van der Waals surface area contributed by atoms with Crippen molar-refractivity contribution in [3.05, 3.63) is 42.1 Å². The van der Waals surface area contributed by atoms with Gasteiger partial charge in [-0.25, -0.2) is 13.4 Å². The third-order valence-electron chi connectivity index (χ3n) is 4.74. The Kier molecular flexibility index (Phi) is 7.20. The Morgan fingerprint density at radius 1 is 1.33 bits per heavy atom. The summed E-state index contributed by atoms with van der Waals surface area (Å²) in [4.78, 5) is 24.9. The minimum Gasteiger partial charge on any atom is -0.477 e. The van der Waals surface area contributed by atoms with Crippen molar-refractivity contribution in [1.29, 1.82) is 0 Å². The van der Waals surface area contributed by atoms with Crippen LogP contribution in [0.2, 0.25) is 0 Å². The monoisotopic (exact) mass is 433 g/mol. The highest BCUT2D eigenvalue weighted by atomic mass is 32.2. The third kappa shape index (κ3) is 6.38. The molecule has 1 saturated carbocycles. The van der Waals surface area contributed by atoms with Crippen LogP contribution in [0.5, 0.6) is 5.88 Å². The lowest BCUT2D eigenvalue weighted by Crippen LogP contribution is -2.23. The highest BCUT2D eigenvalue weighted by Crippen LogP contribution is 2.29. The van der Waals surface area contributed by atoms with Gasteiger partial charge in [-0.15, -0.1) is 0 Å². The molecule has 1 amide bonds. The third-order valence-corrected chi connectivity index (χ3v) is 6.61. The van der Waals surface area contributed by atoms with Crippen LogP contribution in [0, 0.1) is 0 Å². The quantitative estimate of drug-likeness (QED) is 0.558. The zero-order valence-corrected chi connectivity index (χ0v) is 18.0. The van der Waals surface area contributed by atoms with Crippen molar-refractivity contribution in [2.75, 3.05) is 11.3 Å². The molecule has 162 valence electrons. The fraction of sp³-hybridized carbons (Fsp3) is 0.500. The molecule has 0 aliphatic heterocycles. The molecule has 2 aromatic rings. The van der Waals surface area contributed by atoms with Crippen molar-refractivity contribution >= 4 is 21.6 Å². The molecule has 2 N–H and O–H groups in total. The van der Waals surface area contributed by atoms with E-state index in [1.807, 2.05) is 13.8 Å². The van der Waals surface area contributed by atoms with E-state index in [2.05, 4.69) is 25.0 Å². The summed E-state index contributed by atoms with van der Waals surface area (Å²) in [6.45, 7) is 4.62. The highest BCUT2D eigenvalue weighted by molar-refractivity contribution is 7.93. The van der Waals surface area contributed by atoms with Crippen LogP contribution in [-0.4, -0.2) is 41.1 Å². The smallest absolute Gasteiger partial charge is 0.235 e. The number of carbonyl (C=O) groups excluding carboxylic acids is 1. The number of nitrogens with zero attached hydrogens (tertiary/aromatic N) is 3. The summed E-state index contributed by atoms with van der Waals surface area (Å²) in [5.41, 5.74) is 1.83. The number of hydrogen-bond donors (Lipinski definition) is 2. The van der Waals surface area contributed by atoms with E-state index in [1.165, 1.54) is 6.20 Å². The Bertz CT molecular complexity index is 979. The van der Waals surface area contributed by atoms with Crippen molar-refractivity contribution in [1.82, 2.24) is 20.3 Å². The Hall–Kier alpha value is -2.75. The van der Waals surface area contributed by atoms with Crippen molar-refractivity contribution in [2.24, 2.45) is 0 Å². The van der Waals surface area contributed by atoms with E-state index < -0.39 is 10.0 Å². The van der Waals surface area contributed by atoms with Gasteiger partial charge in [0.1, 0.15) is 0 Å². The summed E-state index contributed by atoms with van der Waals surface area (Å²) in [5.74, 6) is 0.429. The molecule has 0 aromatic carbocycles. The van der Waals surface area contributed by atoms with Gasteiger partial charge in [-0.05, 0) is 38.3 Å². The first-order chi connectivity index (χ1) is 14.4. The van der Waals surface area contributed by atoms with Gasteiger partial charge in [-0.2, -0.15) is 0 Å². The number of aromatic nitrogens is 3. The fourth-order valence-corrected chi connectivity index (χ4v) is 4.23. The summed E-state index contributed by atoms with van der Waals surface area (Å²) in [6, 6.07) is 3.24. The molecule has 30 heavy (non-hydrogen) atoms. The number of ether oxygens (including phenoxy) is 1. The Labute approximate surface area is 176 Å². The summed E-state index contributed by atoms with van der Waals surface area (Å²) in [5, 5.41) is 2.53. The second-order valence-corrected chi connectivity index (χ2v) is 9.27. The van der Waals surface area contributed by atoms with Crippen LogP contribution in [0.4, 0.5) is 5.69 Å². The van der Waals surface area contributed by atoms with Crippen LogP contribution < -0.4 is 14.8 Å². The number of amides is 1. The zero-order chi connectivity index (χ0) is 21.6. The molecule has 2 aromatic heterocycles. The first kappa shape index (κ1) is 21.9. The predicted molar refractivity (Wildman–Crippen MR) is 112 cm³/mol. The zero-order valence-electron chi connectivity index (χ0n) is 17.2. The second kappa shape index (κ2) is 9.84. The standard InChI is InChI=1S/C20H27N5O4S/c1-3-29-20-13-21-12-18(24-20)14(2)4-7-19(26)23-11-16-10-15(8-9-22-16)25-30(27,28)17-5-6-17/h8-10,12-14,17H,3-7,11H2,1-2H3,(H,22,25)(H,23,26). The van der Waals surface area contributed by atoms with Gasteiger partial charge < -0.3 is 10.1 Å². The summed E-state index contributed by atoms with van der Waals surface area (Å²) in [7, 11) is -3.32.